The highest BCUT2D eigenvalue weighted by Gasteiger charge is 2.25. The molecular formula is C13H26ClNO3. The van der Waals surface area contributed by atoms with Crippen molar-refractivity contribution in [1.82, 2.24) is 0 Å². The number of methoxy groups -OCH3 is 1. The van der Waals surface area contributed by atoms with Crippen molar-refractivity contribution >= 4 is 18.4 Å². The summed E-state index contributed by atoms with van der Waals surface area (Å²) in [5.41, 5.74) is 5.87. The van der Waals surface area contributed by atoms with Crippen LogP contribution in [0.25, 0.3) is 0 Å². The minimum Gasteiger partial charge on any atom is -0.465 e. The normalized spacial score (nSPS) is 13.3. The molecule has 0 aliphatic rings. The third-order valence-electron chi connectivity index (χ3n) is 2.68. The number of halogens is 1. The minimum atomic E-state index is -0.585. The average molecular weight is 280 g/mol. The van der Waals surface area contributed by atoms with E-state index in [9.17, 15) is 4.79 Å². The quantitative estimate of drug-likeness (QED) is 0.379. The molecule has 0 saturated carbocycles. The Morgan fingerprint density at radius 2 is 2.11 bits per heavy atom. The Kier molecular flexibility index (Phi) is 14.1. The maximum absolute atomic E-state index is 11.5. The van der Waals surface area contributed by atoms with E-state index in [-0.39, 0.29) is 24.3 Å². The zero-order chi connectivity index (χ0) is 13.1. The molecule has 0 aliphatic carbocycles. The minimum absolute atomic E-state index is 0. The van der Waals surface area contributed by atoms with E-state index < -0.39 is 6.04 Å². The molecule has 108 valence electrons. The topological polar surface area (TPSA) is 61.5 Å². The molecule has 4 nitrogen and oxygen atoms in total. The summed E-state index contributed by atoms with van der Waals surface area (Å²) < 4.78 is 10.0. The van der Waals surface area contributed by atoms with Crippen LogP contribution in [-0.4, -0.2) is 32.3 Å². The molecular weight excluding hydrogens is 254 g/mol. The molecule has 2 atom stereocenters. The zero-order valence-electron chi connectivity index (χ0n) is 11.4. The molecule has 0 radical (unpaired) electrons. The number of hydrogen-bond donors (Lipinski definition) is 1. The van der Waals surface area contributed by atoms with Crippen molar-refractivity contribution in [3.63, 3.8) is 0 Å². The summed E-state index contributed by atoms with van der Waals surface area (Å²) in [4.78, 5) is 11.5. The molecule has 0 aromatic rings. The third kappa shape index (κ3) is 8.50. The molecule has 0 aromatic heterocycles. The van der Waals surface area contributed by atoms with E-state index in [1.165, 1.54) is 0 Å². The number of carbonyl (C=O) groups excluding carboxylic acids is 1. The molecule has 18 heavy (non-hydrogen) atoms. The summed E-state index contributed by atoms with van der Waals surface area (Å²) in [5.74, 6) is -0.304. The van der Waals surface area contributed by atoms with E-state index in [1.54, 1.807) is 14.0 Å². The summed E-state index contributed by atoms with van der Waals surface area (Å²) in [6.45, 7) is 6.31. The van der Waals surface area contributed by atoms with Crippen molar-refractivity contribution < 1.29 is 14.3 Å². The van der Waals surface area contributed by atoms with Gasteiger partial charge in [-0.05, 0) is 26.2 Å². The lowest BCUT2D eigenvalue weighted by molar-refractivity contribution is -0.146. The molecule has 0 bridgehead atoms. The molecule has 0 rings (SSSR count). The molecule has 0 heterocycles. The summed E-state index contributed by atoms with van der Waals surface area (Å²) in [5, 5.41) is 0. The lowest BCUT2D eigenvalue weighted by Gasteiger charge is -2.21. The number of ether oxygens (including phenoxy) is 2. The van der Waals surface area contributed by atoms with Gasteiger partial charge in [0.05, 0.1) is 13.2 Å². The molecule has 1 unspecified atom stereocenters. The fourth-order valence-electron chi connectivity index (χ4n) is 1.71. The van der Waals surface area contributed by atoms with Crippen LogP contribution in [0.3, 0.4) is 0 Å². The molecule has 0 aliphatic heterocycles. The lowest BCUT2D eigenvalue weighted by atomic mass is 9.94. The molecule has 0 saturated heterocycles. The zero-order valence-corrected chi connectivity index (χ0v) is 12.2. The fraction of sp³-hybridized carbons (Fsp3) is 0.769. The first-order valence-electron chi connectivity index (χ1n) is 6.19. The molecule has 0 aromatic carbocycles. The Bertz CT molecular complexity index is 224. The number of esters is 1. The summed E-state index contributed by atoms with van der Waals surface area (Å²) in [6.07, 6.45) is 5.86. The number of carbonyl (C=O) groups is 1. The van der Waals surface area contributed by atoms with Gasteiger partial charge in [0.25, 0.3) is 0 Å². The number of allylic oxidation sites excluding steroid dienone is 1. The van der Waals surface area contributed by atoms with Gasteiger partial charge in [-0.1, -0.05) is 12.5 Å². The van der Waals surface area contributed by atoms with E-state index >= 15 is 0 Å². The van der Waals surface area contributed by atoms with Crippen LogP contribution in [0.4, 0.5) is 0 Å². The van der Waals surface area contributed by atoms with Gasteiger partial charge in [0.1, 0.15) is 6.04 Å². The van der Waals surface area contributed by atoms with Crippen molar-refractivity contribution in [1.29, 1.82) is 0 Å². The van der Waals surface area contributed by atoms with Gasteiger partial charge in [-0.25, -0.2) is 0 Å². The summed E-state index contributed by atoms with van der Waals surface area (Å²) in [6, 6.07) is -0.585. The van der Waals surface area contributed by atoms with Crippen molar-refractivity contribution in [2.24, 2.45) is 11.7 Å². The number of nitrogens with two attached hydrogens (primary N) is 1. The highest BCUT2D eigenvalue weighted by atomic mass is 35.5. The maximum atomic E-state index is 11.5. The highest BCUT2D eigenvalue weighted by Crippen LogP contribution is 2.14. The van der Waals surface area contributed by atoms with Gasteiger partial charge in [0.15, 0.2) is 0 Å². The van der Waals surface area contributed by atoms with Gasteiger partial charge in [0.2, 0.25) is 0 Å². The van der Waals surface area contributed by atoms with Gasteiger partial charge >= 0.3 is 5.97 Å². The van der Waals surface area contributed by atoms with Gasteiger partial charge in [-0.2, -0.15) is 0 Å². The lowest BCUT2D eigenvalue weighted by Crippen LogP contribution is -2.41. The van der Waals surface area contributed by atoms with Crippen LogP contribution in [0.1, 0.15) is 32.6 Å². The highest BCUT2D eigenvalue weighted by molar-refractivity contribution is 5.85. The summed E-state index contributed by atoms with van der Waals surface area (Å²) in [7, 11) is 1.62. The second-order valence-electron chi connectivity index (χ2n) is 4.07. The van der Waals surface area contributed by atoms with Crippen LogP contribution < -0.4 is 5.73 Å². The molecule has 5 heteroatoms. The monoisotopic (exact) mass is 279 g/mol. The van der Waals surface area contributed by atoms with E-state index in [1.807, 2.05) is 6.08 Å². The Balaban J connectivity index is 0. The van der Waals surface area contributed by atoms with E-state index in [2.05, 4.69) is 6.58 Å². The first-order valence-corrected chi connectivity index (χ1v) is 6.19. The number of hydrogen-bond acceptors (Lipinski definition) is 4. The molecule has 0 amide bonds. The van der Waals surface area contributed by atoms with Crippen LogP contribution >= 0.6 is 12.4 Å². The first kappa shape index (κ1) is 19.8. The summed E-state index contributed by atoms with van der Waals surface area (Å²) >= 11 is 0. The number of unbranched alkanes of at least 4 members (excludes halogenated alkanes) is 2. The van der Waals surface area contributed by atoms with Crippen LogP contribution in [0.15, 0.2) is 12.7 Å². The maximum Gasteiger partial charge on any atom is 0.323 e. The number of rotatable bonds is 10. The van der Waals surface area contributed by atoms with Gasteiger partial charge < -0.3 is 15.2 Å². The van der Waals surface area contributed by atoms with Crippen LogP contribution in [0, 0.1) is 5.92 Å². The van der Waals surface area contributed by atoms with Gasteiger partial charge in [-0.15, -0.1) is 19.0 Å². The van der Waals surface area contributed by atoms with Gasteiger partial charge in [-0.3, -0.25) is 4.79 Å². The predicted molar refractivity (Wildman–Crippen MR) is 75.9 cm³/mol. The van der Waals surface area contributed by atoms with Crippen molar-refractivity contribution in [2.45, 2.75) is 38.6 Å². The Labute approximate surface area is 116 Å². The first-order chi connectivity index (χ1) is 8.17. The van der Waals surface area contributed by atoms with Crippen molar-refractivity contribution in [3.05, 3.63) is 12.7 Å². The average Bonchev–Trinajstić information content (AvgIpc) is 2.32. The van der Waals surface area contributed by atoms with Crippen molar-refractivity contribution in [3.8, 4) is 0 Å². The van der Waals surface area contributed by atoms with E-state index in [0.717, 1.165) is 25.7 Å². The van der Waals surface area contributed by atoms with Crippen LogP contribution in [-0.2, 0) is 14.3 Å². The van der Waals surface area contributed by atoms with Crippen LogP contribution in [0.5, 0.6) is 0 Å². The Morgan fingerprint density at radius 3 is 2.61 bits per heavy atom. The molecule has 2 N–H and O–H groups in total. The second-order valence-corrected chi connectivity index (χ2v) is 4.07. The van der Waals surface area contributed by atoms with Crippen molar-refractivity contribution in [2.75, 3.05) is 20.3 Å². The Morgan fingerprint density at radius 1 is 1.44 bits per heavy atom. The second kappa shape index (κ2) is 12.9. The SMILES string of the molecule is C=CCCCC[C@@H](COC)C(N)C(=O)OCC.Cl. The van der Waals surface area contributed by atoms with Gasteiger partial charge in [0, 0.05) is 13.0 Å². The smallest absolute Gasteiger partial charge is 0.323 e. The van der Waals surface area contributed by atoms with E-state index in [0.29, 0.717) is 13.2 Å². The third-order valence-corrected chi connectivity index (χ3v) is 2.68. The van der Waals surface area contributed by atoms with E-state index in [4.69, 9.17) is 15.2 Å². The largest absolute Gasteiger partial charge is 0.465 e. The molecule has 0 spiro atoms. The standard InChI is InChI=1S/C13H25NO3.ClH/c1-4-6-7-8-9-11(10-16-3)12(14)13(15)17-5-2;/h4,11-12H,1,5-10,14H2,2-3H3;1H/t11-,12?;/m0./s1. The predicted octanol–water partition coefficient (Wildman–Crippen LogP) is 2.31. The fourth-order valence-corrected chi connectivity index (χ4v) is 1.71. The molecule has 0 fully saturated rings. The van der Waals surface area contributed by atoms with Crippen LogP contribution in [0.2, 0.25) is 0 Å². The Hall–Kier alpha value is -0.580.